The predicted molar refractivity (Wildman–Crippen MR) is 89.8 cm³/mol. The highest BCUT2D eigenvalue weighted by atomic mass is 35.5. The van der Waals surface area contributed by atoms with Gasteiger partial charge in [0.05, 0.1) is 6.04 Å². The van der Waals surface area contributed by atoms with Crippen molar-refractivity contribution in [2.75, 3.05) is 26.2 Å². The minimum atomic E-state index is -0.254. The lowest BCUT2D eigenvalue weighted by Gasteiger charge is -2.28. The lowest BCUT2D eigenvalue weighted by atomic mass is 10.1. The predicted octanol–water partition coefficient (Wildman–Crippen LogP) is 1.27. The average molecular weight is 348 g/mol. The number of hydrogen-bond donors (Lipinski definition) is 2. The van der Waals surface area contributed by atoms with Crippen LogP contribution in [0.5, 0.6) is 0 Å². The third-order valence-electron chi connectivity index (χ3n) is 3.87. The number of carbonyl (C=O) groups is 2. The molecule has 1 aromatic heterocycles. The highest BCUT2D eigenvalue weighted by Crippen LogP contribution is 2.19. The molecule has 1 aromatic carbocycles. The summed E-state index contributed by atoms with van der Waals surface area (Å²) in [5, 5.41) is 10.5. The van der Waals surface area contributed by atoms with Gasteiger partial charge < -0.3 is 15.5 Å². The van der Waals surface area contributed by atoms with E-state index in [1.807, 2.05) is 36.5 Å². The molecule has 0 bridgehead atoms. The van der Waals surface area contributed by atoms with E-state index in [2.05, 4.69) is 15.7 Å². The Morgan fingerprint density at radius 1 is 1.38 bits per heavy atom. The minimum Gasteiger partial charge on any atom is -0.353 e. The van der Waals surface area contributed by atoms with Gasteiger partial charge >= 0.3 is 6.03 Å². The summed E-state index contributed by atoms with van der Waals surface area (Å²) in [7, 11) is 0. The third kappa shape index (κ3) is 3.86. The maximum Gasteiger partial charge on any atom is 0.318 e. The fourth-order valence-corrected chi connectivity index (χ4v) is 2.75. The van der Waals surface area contributed by atoms with Crippen LogP contribution < -0.4 is 10.6 Å². The molecule has 0 spiro atoms. The van der Waals surface area contributed by atoms with Gasteiger partial charge in [0, 0.05) is 37.1 Å². The Hall–Kier alpha value is -2.54. The van der Waals surface area contributed by atoms with Gasteiger partial charge in [0.15, 0.2) is 0 Å². The van der Waals surface area contributed by atoms with E-state index in [0.717, 1.165) is 5.56 Å². The number of halogens is 1. The Morgan fingerprint density at radius 2 is 2.17 bits per heavy atom. The minimum absolute atomic E-state index is 0.0826. The summed E-state index contributed by atoms with van der Waals surface area (Å²) in [6.07, 6.45) is 3.54. The lowest BCUT2D eigenvalue weighted by Crippen LogP contribution is -2.53. The summed E-state index contributed by atoms with van der Waals surface area (Å²) in [5.74, 6) is -0.141. The highest BCUT2D eigenvalue weighted by molar-refractivity contribution is 6.30. The van der Waals surface area contributed by atoms with Gasteiger partial charge in [-0.1, -0.05) is 23.7 Å². The topological polar surface area (TPSA) is 79.3 Å². The molecule has 3 rings (SSSR count). The molecule has 1 saturated heterocycles. The second kappa shape index (κ2) is 7.35. The fourth-order valence-electron chi connectivity index (χ4n) is 2.62. The number of rotatable bonds is 4. The summed E-state index contributed by atoms with van der Waals surface area (Å²) >= 11 is 5.95. The van der Waals surface area contributed by atoms with Crippen molar-refractivity contribution in [2.45, 2.75) is 6.04 Å². The van der Waals surface area contributed by atoms with Crippen LogP contribution in [0.1, 0.15) is 11.6 Å². The van der Waals surface area contributed by atoms with Gasteiger partial charge in [-0.3, -0.25) is 9.48 Å². The van der Waals surface area contributed by atoms with Gasteiger partial charge in [0.1, 0.15) is 6.54 Å². The monoisotopic (exact) mass is 347 g/mol. The molecule has 7 nitrogen and oxygen atoms in total. The zero-order valence-electron chi connectivity index (χ0n) is 13.0. The van der Waals surface area contributed by atoms with Crippen LogP contribution >= 0.6 is 11.6 Å². The number of carbonyl (C=O) groups excluding carboxylic acids is 2. The average Bonchev–Trinajstić information content (AvgIpc) is 3.11. The molecule has 2 aromatic rings. The molecule has 126 valence electrons. The molecule has 0 aliphatic carbocycles. The molecule has 0 unspecified atom stereocenters. The van der Waals surface area contributed by atoms with Gasteiger partial charge in [-0.25, -0.2) is 4.79 Å². The van der Waals surface area contributed by atoms with Crippen molar-refractivity contribution in [1.29, 1.82) is 0 Å². The van der Waals surface area contributed by atoms with Crippen LogP contribution in [-0.4, -0.2) is 52.8 Å². The van der Waals surface area contributed by atoms with Gasteiger partial charge in [-0.15, -0.1) is 0 Å². The highest BCUT2D eigenvalue weighted by Gasteiger charge is 2.22. The Balaban J connectivity index is 1.69. The molecule has 0 saturated carbocycles. The van der Waals surface area contributed by atoms with Gasteiger partial charge in [0.2, 0.25) is 5.91 Å². The Kier molecular flexibility index (Phi) is 5.00. The Morgan fingerprint density at radius 3 is 2.83 bits per heavy atom. The summed E-state index contributed by atoms with van der Waals surface area (Å²) in [4.78, 5) is 25.2. The van der Waals surface area contributed by atoms with Crippen molar-refractivity contribution in [3.63, 3.8) is 0 Å². The molecule has 1 fully saturated rings. The molecular weight excluding hydrogens is 330 g/mol. The second-order valence-corrected chi connectivity index (χ2v) is 5.95. The number of piperazine rings is 1. The first-order valence-electron chi connectivity index (χ1n) is 7.67. The van der Waals surface area contributed by atoms with Gasteiger partial charge in [-0.2, -0.15) is 5.10 Å². The van der Waals surface area contributed by atoms with Crippen LogP contribution in [0.15, 0.2) is 42.7 Å². The van der Waals surface area contributed by atoms with E-state index in [0.29, 0.717) is 24.7 Å². The molecule has 0 radical (unpaired) electrons. The third-order valence-corrected chi connectivity index (χ3v) is 4.12. The van der Waals surface area contributed by atoms with E-state index in [-0.39, 0.29) is 24.5 Å². The molecule has 8 heteroatoms. The van der Waals surface area contributed by atoms with E-state index in [1.165, 1.54) is 4.90 Å². The number of aromatic nitrogens is 2. The number of amides is 3. The lowest BCUT2D eigenvalue weighted by molar-refractivity contribution is -0.123. The number of benzene rings is 1. The summed E-state index contributed by atoms with van der Waals surface area (Å²) in [6, 6.07) is 8.87. The quantitative estimate of drug-likeness (QED) is 0.874. The molecule has 24 heavy (non-hydrogen) atoms. The SMILES string of the molecule is O=C1CN(C(=O)NC[C@H](c2ccc(Cl)cc2)n2cccn2)CCN1. The van der Waals surface area contributed by atoms with Crippen molar-refractivity contribution >= 4 is 23.5 Å². The summed E-state index contributed by atoms with van der Waals surface area (Å²) in [5.41, 5.74) is 0.986. The maximum absolute atomic E-state index is 12.3. The summed E-state index contributed by atoms with van der Waals surface area (Å²) in [6.45, 7) is 1.43. The largest absolute Gasteiger partial charge is 0.353 e. The van der Waals surface area contributed by atoms with Crippen LogP contribution in [0.4, 0.5) is 4.79 Å². The zero-order valence-corrected chi connectivity index (χ0v) is 13.7. The van der Waals surface area contributed by atoms with E-state index >= 15 is 0 Å². The first-order chi connectivity index (χ1) is 11.6. The first kappa shape index (κ1) is 16.3. The van der Waals surface area contributed by atoms with E-state index in [9.17, 15) is 9.59 Å². The molecule has 2 heterocycles. The molecule has 3 amide bonds. The van der Waals surface area contributed by atoms with E-state index in [1.54, 1.807) is 10.9 Å². The maximum atomic E-state index is 12.3. The number of hydrogen-bond acceptors (Lipinski definition) is 3. The van der Waals surface area contributed by atoms with Gasteiger partial charge in [0.25, 0.3) is 0 Å². The molecule has 1 aliphatic heterocycles. The fraction of sp³-hybridized carbons (Fsp3) is 0.312. The number of nitrogens with one attached hydrogen (secondary N) is 2. The van der Waals surface area contributed by atoms with Crippen molar-refractivity contribution in [3.05, 3.63) is 53.3 Å². The molecular formula is C16H18ClN5O2. The van der Waals surface area contributed by atoms with Crippen molar-refractivity contribution in [3.8, 4) is 0 Å². The zero-order chi connectivity index (χ0) is 16.9. The second-order valence-electron chi connectivity index (χ2n) is 5.51. The van der Waals surface area contributed by atoms with Crippen LogP contribution in [-0.2, 0) is 4.79 Å². The van der Waals surface area contributed by atoms with Crippen molar-refractivity contribution in [2.24, 2.45) is 0 Å². The molecule has 1 aliphatic rings. The van der Waals surface area contributed by atoms with Crippen LogP contribution in [0.3, 0.4) is 0 Å². The standard InChI is InChI=1S/C16H18ClN5O2/c17-13-4-2-12(3-5-13)14(22-8-1-6-20-22)10-19-16(24)21-9-7-18-15(23)11-21/h1-6,8,14H,7,9-11H2,(H,18,23)(H,19,24)/t14-/m1/s1. The van der Waals surface area contributed by atoms with Crippen molar-refractivity contribution < 1.29 is 9.59 Å². The van der Waals surface area contributed by atoms with Crippen LogP contribution in [0.2, 0.25) is 5.02 Å². The smallest absolute Gasteiger partial charge is 0.318 e. The number of nitrogens with zero attached hydrogens (tertiary/aromatic N) is 3. The number of urea groups is 1. The normalized spacial score (nSPS) is 15.7. The van der Waals surface area contributed by atoms with Crippen molar-refractivity contribution in [1.82, 2.24) is 25.3 Å². The van der Waals surface area contributed by atoms with Crippen LogP contribution in [0, 0.1) is 0 Å². The first-order valence-corrected chi connectivity index (χ1v) is 8.05. The Bertz CT molecular complexity index is 702. The van der Waals surface area contributed by atoms with Crippen LogP contribution in [0.25, 0.3) is 0 Å². The Labute approximate surface area is 144 Å². The summed E-state index contributed by atoms with van der Waals surface area (Å²) < 4.78 is 1.78. The molecule has 1 atom stereocenters. The van der Waals surface area contributed by atoms with E-state index in [4.69, 9.17) is 11.6 Å². The molecule has 2 N–H and O–H groups in total. The van der Waals surface area contributed by atoms with Gasteiger partial charge in [-0.05, 0) is 23.8 Å². The van der Waals surface area contributed by atoms with E-state index < -0.39 is 0 Å².